The highest BCUT2D eigenvalue weighted by Gasteiger charge is 2.51. The lowest BCUT2D eigenvalue weighted by Crippen LogP contribution is -2.35. The van der Waals surface area contributed by atoms with Crippen molar-refractivity contribution in [1.82, 2.24) is 9.29 Å². The average molecular weight is 520 g/mol. The molecule has 1 aliphatic heterocycles. The predicted molar refractivity (Wildman–Crippen MR) is 144 cm³/mol. The van der Waals surface area contributed by atoms with Crippen molar-refractivity contribution < 1.29 is 17.9 Å². The minimum absolute atomic E-state index is 0.0701. The largest absolute Gasteiger partial charge is 0.496 e. The molecule has 1 saturated carbocycles. The number of aromatic nitrogens is 1. The van der Waals surface area contributed by atoms with E-state index >= 15 is 0 Å². The van der Waals surface area contributed by atoms with Gasteiger partial charge in [0, 0.05) is 18.2 Å². The van der Waals surface area contributed by atoms with Gasteiger partial charge in [-0.2, -0.15) is 4.31 Å². The second-order valence-corrected chi connectivity index (χ2v) is 11.9. The Labute approximate surface area is 218 Å². The summed E-state index contributed by atoms with van der Waals surface area (Å²) in [5, 5.41) is 3.00. The van der Waals surface area contributed by atoms with Crippen molar-refractivity contribution in [3.05, 3.63) is 71.8 Å². The monoisotopic (exact) mass is 519 g/mol. The van der Waals surface area contributed by atoms with Crippen molar-refractivity contribution in [1.29, 1.82) is 0 Å². The third-order valence-electron chi connectivity index (χ3n) is 7.67. The number of amides is 1. The van der Waals surface area contributed by atoms with Gasteiger partial charge in [0.1, 0.15) is 11.6 Å². The van der Waals surface area contributed by atoms with E-state index in [-0.39, 0.29) is 11.9 Å². The van der Waals surface area contributed by atoms with Crippen LogP contribution in [0.2, 0.25) is 0 Å². The lowest BCUT2D eigenvalue weighted by molar-refractivity contribution is -0.118. The van der Waals surface area contributed by atoms with Crippen LogP contribution in [0.15, 0.2) is 65.6 Å². The molecule has 2 aliphatic rings. The van der Waals surface area contributed by atoms with Crippen LogP contribution in [0.5, 0.6) is 5.75 Å². The molecule has 1 aliphatic carbocycles. The Bertz CT molecular complexity index is 1420. The Morgan fingerprint density at radius 1 is 1.14 bits per heavy atom. The van der Waals surface area contributed by atoms with Gasteiger partial charge in [-0.3, -0.25) is 4.79 Å². The molecule has 3 aromatic rings. The maximum atomic E-state index is 13.3. The SMILES string of the molecule is CC[C@H]1CCCN1S(=O)(=O)c1ccc(-c2cccc(NC(=O)C3(c4ccc(OC)c(C)c4)CC3)n2)cc1. The van der Waals surface area contributed by atoms with Gasteiger partial charge < -0.3 is 10.1 Å². The first-order valence-corrected chi connectivity index (χ1v) is 14.3. The van der Waals surface area contributed by atoms with Crippen molar-refractivity contribution in [2.75, 3.05) is 19.0 Å². The normalized spacial score (nSPS) is 18.9. The molecule has 1 saturated heterocycles. The van der Waals surface area contributed by atoms with Crippen LogP contribution in [0.4, 0.5) is 5.82 Å². The van der Waals surface area contributed by atoms with Crippen LogP contribution in [-0.4, -0.2) is 43.3 Å². The van der Waals surface area contributed by atoms with Crippen LogP contribution in [0.1, 0.15) is 50.2 Å². The van der Waals surface area contributed by atoms with Crippen LogP contribution in [0.25, 0.3) is 11.3 Å². The van der Waals surface area contributed by atoms with Gasteiger partial charge in [-0.05, 0) is 80.5 Å². The number of ether oxygens (including phenoxy) is 1. The fourth-order valence-corrected chi connectivity index (χ4v) is 7.08. The van der Waals surface area contributed by atoms with Crippen molar-refractivity contribution in [2.45, 2.75) is 62.3 Å². The molecule has 5 rings (SSSR count). The van der Waals surface area contributed by atoms with E-state index in [2.05, 4.69) is 10.3 Å². The number of nitrogens with one attached hydrogen (secondary N) is 1. The highest BCUT2D eigenvalue weighted by molar-refractivity contribution is 7.89. The Morgan fingerprint density at radius 2 is 1.89 bits per heavy atom. The molecule has 7 nitrogen and oxygen atoms in total. The number of aryl methyl sites for hydroxylation is 1. The fraction of sp³-hybridized carbons (Fsp3) is 0.379. The number of methoxy groups -OCH3 is 1. The van der Waals surface area contributed by atoms with Gasteiger partial charge in [0.25, 0.3) is 0 Å². The first-order chi connectivity index (χ1) is 17.8. The van der Waals surface area contributed by atoms with E-state index < -0.39 is 15.4 Å². The van der Waals surface area contributed by atoms with Crippen LogP contribution in [-0.2, 0) is 20.2 Å². The molecule has 0 unspecified atom stereocenters. The van der Waals surface area contributed by atoms with E-state index in [9.17, 15) is 13.2 Å². The van der Waals surface area contributed by atoms with Crippen LogP contribution >= 0.6 is 0 Å². The van der Waals surface area contributed by atoms with Gasteiger partial charge in [0.15, 0.2) is 0 Å². The Kier molecular flexibility index (Phi) is 6.81. The number of sulfonamides is 1. The van der Waals surface area contributed by atoms with Crippen molar-refractivity contribution in [3.63, 3.8) is 0 Å². The number of benzene rings is 2. The summed E-state index contributed by atoms with van der Waals surface area (Å²) < 4.78 is 33.3. The second-order valence-electron chi connectivity index (χ2n) is 9.97. The van der Waals surface area contributed by atoms with E-state index in [0.29, 0.717) is 23.0 Å². The van der Waals surface area contributed by atoms with Gasteiger partial charge in [-0.25, -0.2) is 13.4 Å². The van der Waals surface area contributed by atoms with E-state index in [1.807, 2.05) is 44.2 Å². The zero-order valence-electron chi connectivity index (χ0n) is 21.5. The molecule has 1 aromatic heterocycles. The Balaban J connectivity index is 1.33. The van der Waals surface area contributed by atoms with Gasteiger partial charge in [-0.1, -0.05) is 37.3 Å². The number of carbonyl (C=O) groups excluding carboxylic acids is 1. The van der Waals surface area contributed by atoms with E-state index in [1.165, 1.54) is 0 Å². The van der Waals surface area contributed by atoms with Crippen molar-refractivity contribution in [2.24, 2.45) is 0 Å². The smallest absolute Gasteiger partial charge is 0.243 e. The molecule has 8 heteroatoms. The summed E-state index contributed by atoms with van der Waals surface area (Å²) >= 11 is 0. The molecule has 1 amide bonds. The summed E-state index contributed by atoms with van der Waals surface area (Å²) in [5.74, 6) is 1.21. The Morgan fingerprint density at radius 3 is 2.54 bits per heavy atom. The van der Waals surface area contributed by atoms with Crippen LogP contribution < -0.4 is 10.1 Å². The summed E-state index contributed by atoms with van der Waals surface area (Å²) in [5.41, 5.74) is 2.89. The highest BCUT2D eigenvalue weighted by Crippen LogP contribution is 2.49. The summed E-state index contributed by atoms with van der Waals surface area (Å²) in [6, 6.07) is 18.3. The minimum Gasteiger partial charge on any atom is -0.496 e. The third kappa shape index (κ3) is 4.76. The topological polar surface area (TPSA) is 88.6 Å². The quantitative estimate of drug-likeness (QED) is 0.436. The van der Waals surface area contributed by atoms with Gasteiger partial charge in [-0.15, -0.1) is 0 Å². The number of carbonyl (C=O) groups is 1. The third-order valence-corrected chi connectivity index (χ3v) is 9.64. The molecule has 0 spiro atoms. The maximum absolute atomic E-state index is 13.3. The van der Waals surface area contributed by atoms with E-state index in [0.717, 1.165) is 54.5 Å². The molecular weight excluding hydrogens is 486 g/mol. The molecule has 37 heavy (non-hydrogen) atoms. The number of nitrogens with zero attached hydrogens (tertiary/aromatic N) is 2. The molecule has 194 valence electrons. The molecule has 2 aromatic carbocycles. The molecular formula is C29H33N3O4S. The van der Waals surface area contributed by atoms with Crippen molar-refractivity contribution in [3.8, 4) is 17.0 Å². The highest BCUT2D eigenvalue weighted by atomic mass is 32.2. The summed E-state index contributed by atoms with van der Waals surface area (Å²) in [6.45, 7) is 4.58. The molecule has 2 heterocycles. The molecule has 0 radical (unpaired) electrons. The van der Waals surface area contributed by atoms with E-state index in [4.69, 9.17) is 4.74 Å². The zero-order chi connectivity index (χ0) is 26.2. The van der Waals surface area contributed by atoms with Gasteiger partial charge in [0.2, 0.25) is 15.9 Å². The fourth-order valence-electron chi connectivity index (χ4n) is 5.32. The number of rotatable bonds is 8. The summed E-state index contributed by atoms with van der Waals surface area (Å²) in [4.78, 5) is 18.2. The lowest BCUT2D eigenvalue weighted by atomic mass is 9.93. The average Bonchev–Trinajstić information content (AvgIpc) is 3.58. The number of pyridine rings is 1. The maximum Gasteiger partial charge on any atom is 0.243 e. The van der Waals surface area contributed by atoms with Crippen LogP contribution in [0, 0.1) is 6.92 Å². The number of hydrogen-bond acceptors (Lipinski definition) is 5. The van der Waals surface area contributed by atoms with Gasteiger partial charge in [0.05, 0.1) is 23.1 Å². The molecule has 0 bridgehead atoms. The predicted octanol–water partition coefficient (Wildman–Crippen LogP) is 5.30. The van der Waals surface area contributed by atoms with Gasteiger partial charge >= 0.3 is 0 Å². The van der Waals surface area contributed by atoms with Crippen LogP contribution in [0.3, 0.4) is 0 Å². The second kappa shape index (κ2) is 9.91. The number of anilines is 1. The number of hydrogen-bond donors (Lipinski definition) is 1. The lowest BCUT2D eigenvalue weighted by Gasteiger charge is -2.23. The first kappa shape index (κ1) is 25.4. The molecule has 2 fully saturated rings. The zero-order valence-corrected chi connectivity index (χ0v) is 22.3. The Hall–Kier alpha value is -3.23. The summed E-state index contributed by atoms with van der Waals surface area (Å²) in [7, 11) is -1.88. The minimum atomic E-state index is -3.52. The first-order valence-electron chi connectivity index (χ1n) is 12.8. The van der Waals surface area contributed by atoms with Crippen molar-refractivity contribution >= 4 is 21.7 Å². The molecule has 1 N–H and O–H groups in total. The molecule has 1 atom stereocenters. The van der Waals surface area contributed by atoms with E-state index in [1.54, 1.807) is 41.7 Å². The standard InChI is InChI=1S/C29H33N3O4S/c1-4-23-7-6-18-32(23)37(34,35)24-13-10-21(11-14-24)25-8-5-9-27(30-25)31-28(33)29(16-17-29)22-12-15-26(36-3)20(2)19-22/h5,8-15,19,23H,4,6-7,16-18H2,1-3H3,(H,30,31,33)/t23-/m0/s1. The summed E-state index contributed by atoms with van der Waals surface area (Å²) in [6.07, 6.45) is 4.21.